The summed E-state index contributed by atoms with van der Waals surface area (Å²) in [4.78, 5) is 0. The van der Waals surface area contributed by atoms with Crippen molar-refractivity contribution in [1.29, 1.82) is 0 Å². The molecule has 1 aromatic carbocycles. The summed E-state index contributed by atoms with van der Waals surface area (Å²) in [7, 11) is 3.71. The van der Waals surface area contributed by atoms with Crippen LogP contribution < -0.4 is 14.8 Å². The molecule has 2 heterocycles. The lowest BCUT2D eigenvalue weighted by atomic mass is 9.99. The van der Waals surface area contributed by atoms with Crippen LogP contribution in [0, 0.1) is 0 Å². The van der Waals surface area contributed by atoms with Gasteiger partial charge in [0, 0.05) is 25.3 Å². The summed E-state index contributed by atoms with van der Waals surface area (Å²) in [6.07, 6.45) is 2.39. The smallest absolute Gasteiger partial charge is 0.191 e. The van der Waals surface area contributed by atoms with Crippen LogP contribution in [0.2, 0.25) is 0 Å². The van der Waals surface area contributed by atoms with E-state index < -0.39 is 0 Å². The van der Waals surface area contributed by atoms with Gasteiger partial charge in [-0.2, -0.15) is 0 Å². The second kappa shape index (κ2) is 8.39. The summed E-state index contributed by atoms with van der Waals surface area (Å²) in [5.74, 6) is 4.08. The number of ether oxygens (including phenoxy) is 2. The average Bonchev–Trinajstić information content (AvgIpc) is 3.00. The Balaban J connectivity index is 1.47. The standard InChI is InChI=1S/C17H24N4O2S/c1-21-16(13-4-3-9-18-12-13)19-20-17(21)24-11-10-23-15-7-5-14(22-2)6-8-15/h5-8,13,18H,3-4,9-12H2,1-2H3/t13-/m1/s1. The highest BCUT2D eigenvalue weighted by molar-refractivity contribution is 7.99. The van der Waals surface area contributed by atoms with Gasteiger partial charge >= 0.3 is 0 Å². The van der Waals surface area contributed by atoms with E-state index in [2.05, 4.69) is 27.1 Å². The Morgan fingerprint density at radius 1 is 1.25 bits per heavy atom. The number of thioether (sulfide) groups is 1. The molecular weight excluding hydrogens is 324 g/mol. The fourth-order valence-electron chi connectivity index (χ4n) is 2.84. The van der Waals surface area contributed by atoms with Gasteiger partial charge in [-0.25, -0.2) is 0 Å². The summed E-state index contributed by atoms with van der Waals surface area (Å²) >= 11 is 1.68. The first kappa shape index (κ1) is 17.1. The Kier molecular flexibility index (Phi) is 5.98. The van der Waals surface area contributed by atoms with Crippen molar-refractivity contribution in [3.63, 3.8) is 0 Å². The SMILES string of the molecule is COc1ccc(OCCSc2nnc([C@@H]3CCCNC3)n2C)cc1. The van der Waals surface area contributed by atoms with Crippen LogP contribution in [0.5, 0.6) is 11.5 Å². The van der Waals surface area contributed by atoms with E-state index in [9.17, 15) is 0 Å². The van der Waals surface area contributed by atoms with Gasteiger partial charge in [-0.15, -0.1) is 10.2 Å². The molecule has 1 saturated heterocycles. The maximum Gasteiger partial charge on any atom is 0.191 e. The fourth-order valence-corrected chi connectivity index (χ4v) is 3.58. The molecule has 0 spiro atoms. The van der Waals surface area contributed by atoms with E-state index in [1.165, 1.54) is 12.8 Å². The molecule has 1 aromatic heterocycles. The van der Waals surface area contributed by atoms with Crippen LogP contribution >= 0.6 is 11.8 Å². The van der Waals surface area contributed by atoms with Gasteiger partial charge < -0.3 is 19.4 Å². The largest absolute Gasteiger partial charge is 0.497 e. The number of benzene rings is 1. The van der Waals surface area contributed by atoms with Crippen LogP contribution in [-0.4, -0.2) is 47.3 Å². The monoisotopic (exact) mass is 348 g/mol. The molecular formula is C17H24N4O2S. The van der Waals surface area contributed by atoms with Crippen molar-refractivity contribution >= 4 is 11.8 Å². The Hall–Kier alpha value is -1.73. The minimum atomic E-state index is 0.473. The van der Waals surface area contributed by atoms with E-state index in [-0.39, 0.29) is 0 Å². The summed E-state index contributed by atoms with van der Waals surface area (Å²) in [6, 6.07) is 7.63. The topological polar surface area (TPSA) is 61.2 Å². The Labute approximate surface area is 146 Å². The predicted octanol–water partition coefficient (Wildman–Crippen LogP) is 2.46. The van der Waals surface area contributed by atoms with E-state index in [4.69, 9.17) is 9.47 Å². The molecule has 1 atom stereocenters. The summed E-state index contributed by atoms with van der Waals surface area (Å²) in [6.45, 7) is 2.74. The second-order valence-electron chi connectivity index (χ2n) is 5.82. The lowest BCUT2D eigenvalue weighted by molar-refractivity contribution is 0.342. The number of rotatable bonds is 7. The minimum Gasteiger partial charge on any atom is -0.497 e. The molecule has 3 rings (SSSR count). The molecule has 1 aliphatic heterocycles. The number of piperidine rings is 1. The average molecular weight is 348 g/mol. The zero-order valence-corrected chi connectivity index (χ0v) is 15.0. The van der Waals surface area contributed by atoms with Crippen LogP contribution in [0.1, 0.15) is 24.6 Å². The first-order valence-corrected chi connectivity index (χ1v) is 9.26. The molecule has 1 aliphatic rings. The number of hydrogen-bond acceptors (Lipinski definition) is 6. The molecule has 7 heteroatoms. The van der Waals surface area contributed by atoms with Crippen molar-refractivity contribution in [1.82, 2.24) is 20.1 Å². The van der Waals surface area contributed by atoms with Crippen molar-refractivity contribution in [2.24, 2.45) is 7.05 Å². The van der Waals surface area contributed by atoms with Crippen LogP contribution in [0.15, 0.2) is 29.4 Å². The third-order valence-corrected chi connectivity index (χ3v) is 5.16. The third-order valence-electron chi connectivity index (χ3n) is 4.17. The normalized spacial score (nSPS) is 17.7. The van der Waals surface area contributed by atoms with E-state index in [0.29, 0.717) is 12.5 Å². The molecule has 0 aliphatic carbocycles. The Morgan fingerprint density at radius 3 is 2.75 bits per heavy atom. The van der Waals surface area contributed by atoms with E-state index in [1.54, 1.807) is 18.9 Å². The van der Waals surface area contributed by atoms with Crippen molar-refractivity contribution < 1.29 is 9.47 Å². The maximum absolute atomic E-state index is 5.75. The van der Waals surface area contributed by atoms with Crippen molar-refractivity contribution in [2.75, 3.05) is 32.6 Å². The van der Waals surface area contributed by atoms with Crippen LogP contribution in [0.25, 0.3) is 0 Å². The van der Waals surface area contributed by atoms with Gasteiger partial charge in [0.05, 0.1) is 13.7 Å². The number of hydrogen-bond donors (Lipinski definition) is 1. The first-order valence-electron chi connectivity index (χ1n) is 8.27. The molecule has 0 unspecified atom stereocenters. The van der Waals surface area contributed by atoms with E-state index >= 15 is 0 Å². The second-order valence-corrected chi connectivity index (χ2v) is 6.88. The molecule has 0 bridgehead atoms. The third kappa shape index (κ3) is 4.21. The van der Waals surface area contributed by atoms with Gasteiger partial charge in [0.15, 0.2) is 5.16 Å². The van der Waals surface area contributed by atoms with Crippen LogP contribution in [0.4, 0.5) is 0 Å². The van der Waals surface area contributed by atoms with E-state index in [0.717, 1.165) is 41.3 Å². The van der Waals surface area contributed by atoms with Crippen molar-refractivity contribution in [2.45, 2.75) is 23.9 Å². The highest BCUT2D eigenvalue weighted by atomic mass is 32.2. The molecule has 24 heavy (non-hydrogen) atoms. The number of nitrogens with zero attached hydrogens (tertiary/aromatic N) is 3. The molecule has 0 amide bonds. The highest BCUT2D eigenvalue weighted by Gasteiger charge is 2.21. The molecule has 0 saturated carbocycles. The van der Waals surface area contributed by atoms with E-state index in [1.807, 2.05) is 24.3 Å². The van der Waals surface area contributed by atoms with Crippen LogP contribution in [0.3, 0.4) is 0 Å². The summed E-state index contributed by atoms with van der Waals surface area (Å²) in [5, 5.41) is 13.1. The highest BCUT2D eigenvalue weighted by Crippen LogP contribution is 2.25. The Morgan fingerprint density at radius 2 is 2.04 bits per heavy atom. The Bertz CT molecular complexity index is 639. The lowest BCUT2D eigenvalue weighted by Crippen LogP contribution is -2.29. The van der Waals surface area contributed by atoms with Gasteiger partial charge in [-0.1, -0.05) is 11.8 Å². The summed E-state index contributed by atoms with van der Waals surface area (Å²) in [5.41, 5.74) is 0. The molecule has 0 radical (unpaired) electrons. The predicted molar refractivity (Wildman–Crippen MR) is 95.1 cm³/mol. The zero-order valence-electron chi connectivity index (χ0n) is 14.2. The van der Waals surface area contributed by atoms with Crippen LogP contribution in [-0.2, 0) is 7.05 Å². The van der Waals surface area contributed by atoms with Gasteiger partial charge in [-0.3, -0.25) is 0 Å². The first-order chi connectivity index (χ1) is 11.8. The molecule has 1 fully saturated rings. The van der Waals surface area contributed by atoms with Gasteiger partial charge in [0.2, 0.25) is 0 Å². The number of aromatic nitrogens is 3. The fraction of sp³-hybridized carbons (Fsp3) is 0.529. The quantitative estimate of drug-likeness (QED) is 0.613. The van der Waals surface area contributed by atoms with Crippen molar-refractivity contribution in [3.05, 3.63) is 30.1 Å². The number of methoxy groups -OCH3 is 1. The molecule has 2 aromatic rings. The van der Waals surface area contributed by atoms with Gasteiger partial charge in [-0.05, 0) is 43.7 Å². The van der Waals surface area contributed by atoms with Gasteiger partial charge in [0.25, 0.3) is 0 Å². The van der Waals surface area contributed by atoms with Crippen molar-refractivity contribution in [3.8, 4) is 11.5 Å². The molecule has 130 valence electrons. The molecule has 6 nitrogen and oxygen atoms in total. The number of nitrogens with one attached hydrogen (secondary N) is 1. The lowest BCUT2D eigenvalue weighted by Gasteiger charge is -2.21. The minimum absolute atomic E-state index is 0.473. The van der Waals surface area contributed by atoms with Gasteiger partial charge in [0.1, 0.15) is 17.3 Å². The zero-order chi connectivity index (χ0) is 16.8. The molecule has 1 N–H and O–H groups in total. The maximum atomic E-state index is 5.75. The summed E-state index contributed by atoms with van der Waals surface area (Å²) < 4.78 is 13.0.